The first-order valence-corrected chi connectivity index (χ1v) is 5.94. The third-order valence-electron chi connectivity index (χ3n) is 3.23. The van der Waals surface area contributed by atoms with Crippen LogP contribution in [-0.2, 0) is 0 Å². The molecule has 0 aromatic heterocycles. The summed E-state index contributed by atoms with van der Waals surface area (Å²) in [6, 6.07) is 8.51. The summed E-state index contributed by atoms with van der Waals surface area (Å²) in [5, 5.41) is 0. The van der Waals surface area contributed by atoms with Crippen LogP contribution < -0.4 is 4.74 Å². The lowest BCUT2D eigenvalue weighted by molar-refractivity contribution is -0.872. The second-order valence-corrected chi connectivity index (χ2v) is 5.85. The van der Waals surface area contributed by atoms with Crippen molar-refractivity contribution < 1.29 is 9.22 Å². The quantitative estimate of drug-likeness (QED) is 0.708. The summed E-state index contributed by atoms with van der Waals surface area (Å²) in [7, 11) is 8.53. The molecule has 1 aromatic carbocycles. The molecule has 1 aromatic rings. The lowest BCUT2D eigenvalue weighted by Gasteiger charge is -2.23. The van der Waals surface area contributed by atoms with E-state index in [9.17, 15) is 0 Å². The molecule has 0 bridgehead atoms. The van der Waals surface area contributed by atoms with Gasteiger partial charge < -0.3 is 9.22 Å². The van der Waals surface area contributed by atoms with Crippen molar-refractivity contribution in [3.63, 3.8) is 0 Å². The Morgan fingerprint density at radius 2 is 2.06 bits per heavy atom. The predicted octanol–water partition coefficient (Wildman–Crippen LogP) is 2.50. The van der Waals surface area contributed by atoms with Crippen molar-refractivity contribution in [3.05, 3.63) is 29.8 Å². The minimum Gasteiger partial charge on any atom is -0.497 e. The van der Waals surface area contributed by atoms with Crippen molar-refractivity contribution in [1.82, 2.24) is 0 Å². The van der Waals surface area contributed by atoms with Crippen LogP contribution in [-0.4, -0.2) is 39.3 Å². The Labute approximate surface area is 98.4 Å². The van der Waals surface area contributed by atoms with E-state index in [-0.39, 0.29) is 0 Å². The molecule has 2 rings (SSSR count). The summed E-state index contributed by atoms with van der Waals surface area (Å²) in [6.07, 6.45) is 1.34. The van der Waals surface area contributed by atoms with Crippen LogP contribution in [0.2, 0.25) is 0 Å². The lowest BCUT2D eigenvalue weighted by Crippen LogP contribution is -2.36. The Hall–Kier alpha value is -1.02. The zero-order valence-corrected chi connectivity index (χ0v) is 10.7. The average molecular weight is 220 g/mol. The van der Waals surface area contributed by atoms with E-state index in [1.54, 1.807) is 7.11 Å². The van der Waals surface area contributed by atoms with Gasteiger partial charge in [0.15, 0.2) is 0 Å². The van der Waals surface area contributed by atoms with Gasteiger partial charge in [-0.1, -0.05) is 12.1 Å². The summed E-state index contributed by atoms with van der Waals surface area (Å²) < 4.78 is 6.33. The molecular weight excluding hydrogens is 198 g/mol. The topological polar surface area (TPSA) is 9.23 Å². The highest BCUT2D eigenvalue weighted by molar-refractivity contribution is 5.33. The molecule has 2 atom stereocenters. The van der Waals surface area contributed by atoms with Crippen LogP contribution in [0.5, 0.6) is 5.75 Å². The number of nitrogens with zero attached hydrogens (tertiary/aromatic N) is 1. The Kier molecular flexibility index (Phi) is 2.94. The van der Waals surface area contributed by atoms with Crippen LogP contribution in [0.15, 0.2) is 24.3 Å². The first-order chi connectivity index (χ1) is 7.49. The highest BCUT2D eigenvalue weighted by Crippen LogP contribution is 2.48. The molecule has 88 valence electrons. The Morgan fingerprint density at radius 3 is 2.69 bits per heavy atom. The molecule has 0 amide bonds. The monoisotopic (exact) mass is 220 g/mol. The Morgan fingerprint density at radius 1 is 1.31 bits per heavy atom. The van der Waals surface area contributed by atoms with Gasteiger partial charge in [0, 0.05) is 5.92 Å². The molecule has 2 heteroatoms. The smallest absolute Gasteiger partial charge is 0.119 e. The molecule has 0 saturated heterocycles. The predicted molar refractivity (Wildman–Crippen MR) is 66.7 cm³/mol. The van der Waals surface area contributed by atoms with Crippen molar-refractivity contribution >= 4 is 0 Å². The van der Waals surface area contributed by atoms with Gasteiger partial charge in [-0.05, 0) is 30.0 Å². The maximum atomic E-state index is 5.27. The van der Waals surface area contributed by atoms with Crippen molar-refractivity contribution in [2.45, 2.75) is 12.3 Å². The summed E-state index contributed by atoms with van der Waals surface area (Å²) in [5.41, 5.74) is 1.44. The molecule has 2 nitrogen and oxygen atoms in total. The Bertz CT molecular complexity index is 367. The number of rotatable bonds is 4. The van der Waals surface area contributed by atoms with E-state index in [0.29, 0.717) is 0 Å². The first kappa shape index (κ1) is 11.5. The molecule has 0 N–H and O–H groups in total. The van der Waals surface area contributed by atoms with Gasteiger partial charge in [-0.2, -0.15) is 0 Å². The summed E-state index contributed by atoms with van der Waals surface area (Å²) >= 11 is 0. The molecular formula is C14H22NO+. The van der Waals surface area contributed by atoms with Gasteiger partial charge in [-0.25, -0.2) is 0 Å². The highest BCUT2D eigenvalue weighted by Gasteiger charge is 2.41. The molecule has 1 fully saturated rings. The standard InChI is InChI=1S/C14H22NO/c1-15(2,3)10-12-9-14(12)11-6-5-7-13(8-11)16-4/h5-8,12,14H,9-10H2,1-4H3/q+1. The van der Waals surface area contributed by atoms with Crippen LogP contribution in [0.3, 0.4) is 0 Å². The molecule has 0 heterocycles. The van der Waals surface area contributed by atoms with E-state index in [1.165, 1.54) is 18.5 Å². The highest BCUT2D eigenvalue weighted by atomic mass is 16.5. The van der Waals surface area contributed by atoms with Crippen LogP contribution in [0.4, 0.5) is 0 Å². The average Bonchev–Trinajstić information content (AvgIpc) is 2.94. The van der Waals surface area contributed by atoms with Crippen LogP contribution in [0, 0.1) is 5.92 Å². The van der Waals surface area contributed by atoms with E-state index in [1.807, 2.05) is 6.07 Å². The van der Waals surface area contributed by atoms with Gasteiger partial charge in [-0.15, -0.1) is 0 Å². The molecule has 0 radical (unpaired) electrons. The van der Waals surface area contributed by atoms with E-state index >= 15 is 0 Å². The van der Waals surface area contributed by atoms with Crippen molar-refractivity contribution in [2.24, 2.45) is 5.92 Å². The van der Waals surface area contributed by atoms with Gasteiger partial charge in [-0.3, -0.25) is 0 Å². The fraction of sp³-hybridized carbons (Fsp3) is 0.571. The summed E-state index contributed by atoms with van der Waals surface area (Å²) in [6.45, 7) is 1.27. The zero-order valence-electron chi connectivity index (χ0n) is 10.7. The van der Waals surface area contributed by atoms with E-state index in [2.05, 4.69) is 39.3 Å². The van der Waals surface area contributed by atoms with Crippen LogP contribution >= 0.6 is 0 Å². The fourth-order valence-corrected chi connectivity index (χ4v) is 2.43. The number of quaternary nitrogens is 1. The molecule has 0 spiro atoms. The zero-order chi connectivity index (χ0) is 11.8. The SMILES string of the molecule is COc1cccc(C2CC2C[N+](C)(C)C)c1. The van der Waals surface area contributed by atoms with Gasteiger partial charge in [0.05, 0.1) is 34.8 Å². The van der Waals surface area contributed by atoms with Crippen LogP contribution in [0.1, 0.15) is 17.9 Å². The number of benzene rings is 1. The fourth-order valence-electron chi connectivity index (χ4n) is 2.43. The minimum atomic E-state index is 0.757. The Balaban J connectivity index is 2.00. The second-order valence-electron chi connectivity index (χ2n) is 5.85. The molecule has 2 unspecified atom stereocenters. The largest absolute Gasteiger partial charge is 0.497 e. The van der Waals surface area contributed by atoms with Gasteiger partial charge in [0.25, 0.3) is 0 Å². The van der Waals surface area contributed by atoms with Crippen LogP contribution in [0.25, 0.3) is 0 Å². The maximum Gasteiger partial charge on any atom is 0.119 e. The van der Waals surface area contributed by atoms with E-state index in [4.69, 9.17) is 4.74 Å². The third kappa shape index (κ3) is 2.76. The molecule has 1 aliphatic carbocycles. The summed E-state index contributed by atoms with van der Waals surface area (Å²) in [4.78, 5) is 0. The van der Waals surface area contributed by atoms with Crippen molar-refractivity contribution in [2.75, 3.05) is 34.8 Å². The van der Waals surface area contributed by atoms with Crippen molar-refractivity contribution in [1.29, 1.82) is 0 Å². The molecule has 1 saturated carbocycles. The van der Waals surface area contributed by atoms with Gasteiger partial charge in [0.1, 0.15) is 5.75 Å². The molecule has 1 aliphatic rings. The van der Waals surface area contributed by atoms with Gasteiger partial charge in [0.2, 0.25) is 0 Å². The minimum absolute atomic E-state index is 0.757. The number of hydrogen-bond acceptors (Lipinski definition) is 1. The summed E-state index contributed by atoms with van der Waals surface area (Å²) in [5.74, 6) is 2.59. The normalized spacial score (nSPS) is 24.2. The number of methoxy groups -OCH3 is 1. The first-order valence-electron chi connectivity index (χ1n) is 5.94. The molecule has 16 heavy (non-hydrogen) atoms. The number of hydrogen-bond donors (Lipinski definition) is 0. The van der Waals surface area contributed by atoms with Gasteiger partial charge >= 0.3 is 0 Å². The van der Waals surface area contributed by atoms with E-state index < -0.39 is 0 Å². The number of ether oxygens (including phenoxy) is 1. The molecule has 0 aliphatic heterocycles. The van der Waals surface area contributed by atoms with E-state index in [0.717, 1.165) is 22.1 Å². The maximum absolute atomic E-state index is 5.27. The lowest BCUT2D eigenvalue weighted by atomic mass is 10.1. The van der Waals surface area contributed by atoms with Crippen molar-refractivity contribution in [3.8, 4) is 5.75 Å². The third-order valence-corrected chi connectivity index (χ3v) is 3.23. The second kappa shape index (κ2) is 4.10.